The highest BCUT2D eigenvalue weighted by Gasteiger charge is 2.17. The predicted molar refractivity (Wildman–Crippen MR) is 114 cm³/mol. The number of fused-ring (bicyclic) bond motifs is 1. The van der Waals surface area contributed by atoms with Crippen molar-refractivity contribution in [3.05, 3.63) is 59.7 Å². The lowest BCUT2D eigenvalue weighted by molar-refractivity contribution is 0.0695. The summed E-state index contributed by atoms with van der Waals surface area (Å²) in [6.45, 7) is 2.16. The molecule has 0 saturated heterocycles. The number of thiol groups is 1. The molecule has 0 amide bonds. The second-order valence-electron chi connectivity index (χ2n) is 6.19. The second kappa shape index (κ2) is 8.51. The average Bonchev–Trinajstić information content (AvgIpc) is 2.67. The number of hydrogen-bond donors (Lipinski definition) is 2. The maximum Gasteiger partial charge on any atom is 0.337 e. The Morgan fingerprint density at radius 1 is 1.11 bits per heavy atom. The van der Waals surface area contributed by atoms with Gasteiger partial charge in [0.15, 0.2) is 0 Å². The third kappa shape index (κ3) is 3.97. The Morgan fingerprint density at radius 2 is 1.81 bits per heavy atom. The van der Waals surface area contributed by atoms with E-state index in [1.807, 2.05) is 30.3 Å². The second-order valence-corrected chi connectivity index (χ2v) is 7.81. The van der Waals surface area contributed by atoms with Crippen LogP contribution >= 0.6 is 24.4 Å². The van der Waals surface area contributed by atoms with Crippen LogP contribution < -0.4 is 0 Å². The Morgan fingerprint density at radius 3 is 2.44 bits per heavy atom. The van der Waals surface area contributed by atoms with Crippen LogP contribution in [-0.2, 0) is 0 Å². The van der Waals surface area contributed by atoms with Gasteiger partial charge in [0, 0.05) is 15.4 Å². The van der Waals surface area contributed by atoms with E-state index in [1.165, 1.54) is 0 Å². The van der Waals surface area contributed by atoms with E-state index in [9.17, 15) is 9.90 Å². The molecule has 0 aliphatic heterocycles. The molecule has 3 rings (SSSR count). The van der Waals surface area contributed by atoms with Gasteiger partial charge >= 0.3 is 5.97 Å². The lowest BCUT2D eigenvalue weighted by atomic mass is 9.95. The van der Waals surface area contributed by atoms with Gasteiger partial charge in [-0.2, -0.15) is 5.26 Å². The summed E-state index contributed by atoms with van der Waals surface area (Å²) in [4.78, 5) is 13.3. The lowest BCUT2D eigenvalue weighted by Crippen LogP contribution is -2.00. The standard InChI is InChI=1S/C22H19NO2S2/c1-2-3-12-27-19-11-9-17-16(8-10-18(26)21(17)22(24)25)20(19)15-6-4-14(13-23)5-7-15/h4-11,26H,2-3,12H2,1H3,(H,24,25). The predicted octanol–water partition coefficient (Wildman–Crippen LogP) is 6.26. The van der Waals surface area contributed by atoms with E-state index in [1.54, 1.807) is 30.0 Å². The van der Waals surface area contributed by atoms with Crippen molar-refractivity contribution in [3.63, 3.8) is 0 Å². The van der Waals surface area contributed by atoms with Crippen molar-refractivity contribution in [1.82, 2.24) is 0 Å². The Bertz CT molecular complexity index is 1040. The van der Waals surface area contributed by atoms with Crippen LogP contribution in [0.2, 0.25) is 0 Å². The number of hydrogen-bond acceptors (Lipinski definition) is 4. The Labute approximate surface area is 168 Å². The maximum atomic E-state index is 11.8. The highest BCUT2D eigenvalue weighted by atomic mass is 32.2. The molecular formula is C22H19NO2S2. The summed E-state index contributed by atoms with van der Waals surface area (Å²) in [5.41, 5.74) is 2.80. The molecule has 3 aromatic rings. The van der Waals surface area contributed by atoms with Crippen molar-refractivity contribution in [3.8, 4) is 17.2 Å². The lowest BCUT2D eigenvalue weighted by Gasteiger charge is -2.15. The third-order valence-electron chi connectivity index (χ3n) is 4.41. The first kappa shape index (κ1) is 19.3. The number of carboxylic acid groups (broad SMARTS) is 1. The molecule has 0 aliphatic rings. The van der Waals surface area contributed by atoms with E-state index in [0.717, 1.165) is 40.0 Å². The van der Waals surface area contributed by atoms with Crippen LogP contribution in [0.3, 0.4) is 0 Å². The zero-order valence-electron chi connectivity index (χ0n) is 14.9. The molecule has 0 spiro atoms. The molecule has 0 fully saturated rings. The number of rotatable bonds is 6. The smallest absolute Gasteiger partial charge is 0.337 e. The summed E-state index contributed by atoms with van der Waals surface area (Å²) >= 11 is 6.11. The van der Waals surface area contributed by atoms with Crippen molar-refractivity contribution in [2.45, 2.75) is 29.6 Å². The minimum Gasteiger partial charge on any atom is -0.478 e. The van der Waals surface area contributed by atoms with Crippen LogP contribution in [0.15, 0.2) is 58.3 Å². The van der Waals surface area contributed by atoms with E-state index >= 15 is 0 Å². The van der Waals surface area contributed by atoms with E-state index < -0.39 is 5.97 Å². The van der Waals surface area contributed by atoms with Crippen LogP contribution in [0, 0.1) is 11.3 Å². The first-order valence-electron chi connectivity index (χ1n) is 8.72. The number of nitriles is 1. The molecule has 0 heterocycles. The van der Waals surface area contributed by atoms with Gasteiger partial charge in [0.1, 0.15) is 0 Å². The Kier molecular flexibility index (Phi) is 6.10. The van der Waals surface area contributed by atoms with E-state index in [-0.39, 0.29) is 5.56 Å². The number of benzene rings is 3. The SMILES string of the molecule is CCCCSc1ccc2c(C(=O)O)c(S)ccc2c1-c1ccc(C#N)cc1. The van der Waals surface area contributed by atoms with Crippen LogP contribution in [0.4, 0.5) is 0 Å². The largest absolute Gasteiger partial charge is 0.478 e. The van der Waals surface area contributed by atoms with Gasteiger partial charge in [-0.15, -0.1) is 24.4 Å². The van der Waals surface area contributed by atoms with Gasteiger partial charge in [-0.25, -0.2) is 4.79 Å². The zero-order chi connectivity index (χ0) is 19.4. The summed E-state index contributed by atoms with van der Waals surface area (Å²) in [6.07, 6.45) is 2.24. The maximum absolute atomic E-state index is 11.8. The number of thioether (sulfide) groups is 1. The number of carboxylic acids is 1. The molecule has 0 aliphatic carbocycles. The van der Waals surface area contributed by atoms with Gasteiger partial charge in [0.25, 0.3) is 0 Å². The molecule has 136 valence electrons. The molecule has 0 atom stereocenters. The van der Waals surface area contributed by atoms with E-state index in [0.29, 0.717) is 15.8 Å². The minimum absolute atomic E-state index is 0.218. The van der Waals surface area contributed by atoms with Gasteiger partial charge in [0.2, 0.25) is 0 Å². The zero-order valence-corrected chi connectivity index (χ0v) is 16.6. The van der Waals surface area contributed by atoms with Crippen molar-refractivity contribution < 1.29 is 9.90 Å². The number of nitrogens with zero attached hydrogens (tertiary/aromatic N) is 1. The minimum atomic E-state index is -0.984. The molecule has 5 heteroatoms. The summed E-state index contributed by atoms with van der Waals surface area (Å²) in [6, 6.07) is 17.1. The molecule has 0 saturated carbocycles. The van der Waals surface area contributed by atoms with Crippen molar-refractivity contribution >= 4 is 41.1 Å². The first-order valence-corrected chi connectivity index (χ1v) is 10.2. The fourth-order valence-corrected chi connectivity index (χ4v) is 4.53. The summed E-state index contributed by atoms with van der Waals surface area (Å²) < 4.78 is 0. The van der Waals surface area contributed by atoms with Crippen LogP contribution in [0.5, 0.6) is 0 Å². The molecule has 3 nitrogen and oxygen atoms in total. The normalized spacial score (nSPS) is 10.7. The fourth-order valence-electron chi connectivity index (χ4n) is 3.05. The average molecular weight is 394 g/mol. The molecule has 3 aromatic carbocycles. The molecule has 0 unspecified atom stereocenters. The molecule has 0 bridgehead atoms. The van der Waals surface area contributed by atoms with Crippen molar-refractivity contribution in [2.24, 2.45) is 0 Å². The van der Waals surface area contributed by atoms with Crippen LogP contribution in [0.1, 0.15) is 35.7 Å². The van der Waals surface area contributed by atoms with Crippen molar-refractivity contribution in [1.29, 1.82) is 5.26 Å². The molecule has 1 N–H and O–H groups in total. The fraction of sp³-hybridized carbons (Fsp3) is 0.182. The van der Waals surface area contributed by atoms with Crippen LogP contribution in [-0.4, -0.2) is 16.8 Å². The summed E-state index contributed by atoms with van der Waals surface area (Å²) in [5.74, 6) is 0.0182. The van der Waals surface area contributed by atoms with Gasteiger partial charge in [0.05, 0.1) is 17.2 Å². The first-order chi connectivity index (χ1) is 13.1. The monoisotopic (exact) mass is 393 g/mol. The topological polar surface area (TPSA) is 61.1 Å². The van der Waals surface area contributed by atoms with Gasteiger partial charge in [-0.05, 0) is 52.8 Å². The number of carbonyl (C=O) groups is 1. The highest BCUT2D eigenvalue weighted by Crippen LogP contribution is 2.40. The highest BCUT2D eigenvalue weighted by molar-refractivity contribution is 7.99. The molecule has 0 aromatic heterocycles. The molecule has 27 heavy (non-hydrogen) atoms. The Balaban J connectivity index is 2.27. The molecular weight excluding hydrogens is 374 g/mol. The van der Waals surface area contributed by atoms with E-state index in [4.69, 9.17) is 5.26 Å². The summed E-state index contributed by atoms with van der Waals surface area (Å²) in [5, 5.41) is 20.3. The van der Waals surface area contributed by atoms with Crippen molar-refractivity contribution in [2.75, 3.05) is 5.75 Å². The van der Waals surface area contributed by atoms with Gasteiger partial charge in [-0.3, -0.25) is 0 Å². The number of unbranched alkanes of at least 4 members (excludes halogenated alkanes) is 1. The molecule has 0 radical (unpaired) electrons. The quantitative estimate of drug-likeness (QED) is 0.295. The number of aromatic carboxylic acids is 1. The van der Waals surface area contributed by atoms with E-state index in [2.05, 4.69) is 25.6 Å². The van der Waals surface area contributed by atoms with Crippen LogP contribution in [0.25, 0.3) is 21.9 Å². The summed E-state index contributed by atoms with van der Waals surface area (Å²) in [7, 11) is 0. The van der Waals surface area contributed by atoms with Gasteiger partial charge < -0.3 is 5.11 Å². The van der Waals surface area contributed by atoms with Gasteiger partial charge in [-0.1, -0.05) is 37.6 Å². The Hall–Kier alpha value is -2.42. The third-order valence-corrected chi connectivity index (χ3v) is 5.93.